The summed E-state index contributed by atoms with van der Waals surface area (Å²) in [4.78, 5) is 12.2. The lowest BCUT2D eigenvalue weighted by atomic mass is 10.0. The van der Waals surface area contributed by atoms with E-state index in [0.717, 1.165) is 22.0 Å². The van der Waals surface area contributed by atoms with Gasteiger partial charge in [0.05, 0.1) is 18.2 Å². The quantitative estimate of drug-likeness (QED) is 0.750. The number of rotatable bonds is 3. The number of fused-ring (bicyclic) bond motifs is 1. The van der Waals surface area contributed by atoms with Gasteiger partial charge in [-0.3, -0.25) is 5.43 Å². The van der Waals surface area contributed by atoms with Crippen molar-refractivity contribution in [3.63, 3.8) is 0 Å². The highest BCUT2D eigenvalue weighted by molar-refractivity contribution is 6.10. The minimum Gasteiger partial charge on any atom is -0.465 e. The van der Waals surface area contributed by atoms with Gasteiger partial charge < -0.3 is 9.30 Å². The molecule has 2 heterocycles. The van der Waals surface area contributed by atoms with Crippen molar-refractivity contribution in [1.29, 1.82) is 0 Å². The molecule has 7 heteroatoms. The zero-order chi connectivity index (χ0) is 15.9. The molecule has 0 unspecified atom stereocenters. The van der Waals surface area contributed by atoms with E-state index in [4.69, 9.17) is 4.74 Å². The third-order valence-electron chi connectivity index (χ3n) is 3.76. The zero-order valence-electron chi connectivity index (χ0n) is 13.0. The molecule has 0 aliphatic carbocycles. The molecule has 0 radical (unpaired) electrons. The Morgan fingerprint density at radius 1 is 1.36 bits per heavy atom. The minimum atomic E-state index is -0.351. The smallest absolute Gasteiger partial charge is 0.338 e. The van der Waals surface area contributed by atoms with Crippen LogP contribution in [0.25, 0.3) is 10.9 Å². The predicted octanol–water partition coefficient (Wildman–Crippen LogP) is 1.59. The maximum Gasteiger partial charge on any atom is 0.338 e. The molecule has 7 nitrogen and oxygen atoms in total. The number of nitrogens with one attached hydrogen (secondary N) is 3. The maximum atomic E-state index is 12.2. The molecule has 0 bridgehead atoms. The van der Waals surface area contributed by atoms with Crippen LogP contribution in [0.2, 0.25) is 0 Å². The first-order valence-corrected chi connectivity index (χ1v) is 7.10. The van der Waals surface area contributed by atoms with Crippen molar-refractivity contribution in [3.05, 3.63) is 35.0 Å². The Labute approximate surface area is 128 Å². The van der Waals surface area contributed by atoms with Gasteiger partial charge in [0.1, 0.15) is 0 Å². The molecule has 116 valence electrons. The number of aromatic nitrogens is 1. The molecule has 0 amide bonds. The summed E-state index contributed by atoms with van der Waals surface area (Å²) < 4.78 is 7.10. The molecular formula is C15H19N5O2. The number of nitrogens with zero attached hydrogens (tertiary/aromatic N) is 2. The molecule has 1 aromatic heterocycles. The second-order valence-electron chi connectivity index (χ2n) is 5.54. The molecule has 22 heavy (non-hydrogen) atoms. The van der Waals surface area contributed by atoms with Crippen LogP contribution in [0.3, 0.4) is 0 Å². The third-order valence-corrected chi connectivity index (χ3v) is 3.76. The lowest BCUT2D eigenvalue weighted by Crippen LogP contribution is -2.35. The van der Waals surface area contributed by atoms with Gasteiger partial charge in [0.25, 0.3) is 0 Å². The minimum absolute atomic E-state index is 0.284. The summed E-state index contributed by atoms with van der Waals surface area (Å²) >= 11 is 0. The summed E-state index contributed by atoms with van der Waals surface area (Å²) in [5.74, 6) is 0.275. The van der Waals surface area contributed by atoms with Crippen molar-refractivity contribution in [2.24, 2.45) is 5.10 Å². The van der Waals surface area contributed by atoms with Crippen molar-refractivity contribution in [3.8, 4) is 0 Å². The number of ether oxygens (including phenoxy) is 1. The average Bonchev–Trinajstić information content (AvgIpc) is 3.14. The van der Waals surface area contributed by atoms with Gasteiger partial charge in [-0.1, -0.05) is 0 Å². The number of amidine groups is 1. The molecule has 3 rings (SSSR count). The van der Waals surface area contributed by atoms with Gasteiger partial charge in [0.2, 0.25) is 0 Å². The largest absolute Gasteiger partial charge is 0.465 e. The first kappa shape index (κ1) is 14.4. The summed E-state index contributed by atoms with van der Waals surface area (Å²) in [5, 5.41) is 5.02. The van der Waals surface area contributed by atoms with E-state index < -0.39 is 0 Å². The van der Waals surface area contributed by atoms with Gasteiger partial charge in [-0.25, -0.2) is 10.3 Å². The van der Waals surface area contributed by atoms with Gasteiger partial charge >= 0.3 is 5.97 Å². The molecule has 3 N–H and O–H groups in total. The van der Waals surface area contributed by atoms with Crippen molar-refractivity contribution in [2.75, 3.05) is 7.11 Å². The van der Waals surface area contributed by atoms with E-state index in [1.165, 1.54) is 7.11 Å². The van der Waals surface area contributed by atoms with Crippen LogP contribution in [0.5, 0.6) is 0 Å². The highest BCUT2D eigenvalue weighted by atomic mass is 16.5. The van der Waals surface area contributed by atoms with E-state index >= 15 is 0 Å². The van der Waals surface area contributed by atoms with Crippen LogP contribution in [0.1, 0.15) is 41.4 Å². The number of methoxy groups -OCH3 is 1. The van der Waals surface area contributed by atoms with E-state index in [1.807, 2.05) is 13.0 Å². The Balaban J connectivity index is 2.32. The highest BCUT2D eigenvalue weighted by Crippen LogP contribution is 2.29. The molecule has 1 aliphatic rings. The summed E-state index contributed by atoms with van der Waals surface area (Å²) in [5.41, 5.74) is 11.6. The van der Waals surface area contributed by atoms with Crippen LogP contribution < -0.4 is 16.5 Å². The molecule has 1 aliphatic heterocycles. The molecular weight excluding hydrogens is 282 g/mol. The Morgan fingerprint density at radius 3 is 2.73 bits per heavy atom. The van der Waals surface area contributed by atoms with Crippen LogP contribution in [0, 0.1) is 6.92 Å². The maximum absolute atomic E-state index is 12.2. The number of hydrogen-bond acceptors (Lipinski definition) is 6. The third kappa shape index (κ3) is 2.19. The molecule has 0 saturated carbocycles. The first-order valence-electron chi connectivity index (χ1n) is 7.10. The number of hydrazone groups is 1. The Kier molecular flexibility index (Phi) is 3.50. The van der Waals surface area contributed by atoms with Crippen LogP contribution in [0.4, 0.5) is 0 Å². The second-order valence-corrected chi connectivity index (χ2v) is 5.54. The van der Waals surface area contributed by atoms with E-state index in [0.29, 0.717) is 11.4 Å². The summed E-state index contributed by atoms with van der Waals surface area (Å²) in [6.45, 7) is 6.22. The number of hydrogen-bond donors (Lipinski definition) is 3. The Morgan fingerprint density at radius 2 is 2.14 bits per heavy atom. The molecule has 0 fully saturated rings. The number of benzene rings is 1. The number of aryl methyl sites for hydroxylation is 1. The number of hydrazine groups is 2. The van der Waals surface area contributed by atoms with Gasteiger partial charge in [-0.15, -0.1) is 10.6 Å². The zero-order valence-corrected chi connectivity index (χ0v) is 13.0. The molecule has 0 spiro atoms. The lowest BCUT2D eigenvalue weighted by molar-refractivity contribution is 0.0603. The van der Waals surface area contributed by atoms with Gasteiger partial charge in [-0.2, -0.15) is 0 Å². The van der Waals surface area contributed by atoms with Gasteiger partial charge in [0.15, 0.2) is 5.84 Å². The topological polar surface area (TPSA) is 79.7 Å². The Bertz CT molecular complexity index is 776. The SMILES string of the molecule is COC(=O)c1cc(C2=NNNN2)cc2c1c(C)cn2C(C)C. The molecule has 2 aromatic rings. The summed E-state index contributed by atoms with van der Waals surface area (Å²) in [6, 6.07) is 4.11. The van der Waals surface area contributed by atoms with Gasteiger partial charge in [0, 0.05) is 23.2 Å². The van der Waals surface area contributed by atoms with Crippen molar-refractivity contribution < 1.29 is 9.53 Å². The fourth-order valence-electron chi connectivity index (χ4n) is 2.76. The molecule has 0 saturated heterocycles. The average molecular weight is 301 g/mol. The monoisotopic (exact) mass is 301 g/mol. The van der Waals surface area contributed by atoms with Crippen LogP contribution >= 0.6 is 0 Å². The fourth-order valence-corrected chi connectivity index (χ4v) is 2.76. The molecule has 0 atom stereocenters. The van der Waals surface area contributed by atoms with Crippen molar-refractivity contribution >= 4 is 22.7 Å². The highest BCUT2D eigenvalue weighted by Gasteiger charge is 2.20. The normalized spacial score (nSPS) is 14.0. The molecule has 1 aromatic carbocycles. The second kappa shape index (κ2) is 5.34. The van der Waals surface area contributed by atoms with E-state index in [2.05, 4.69) is 46.2 Å². The van der Waals surface area contributed by atoms with Crippen LogP contribution in [0.15, 0.2) is 23.4 Å². The predicted molar refractivity (Wildman–Crippen MR) is 84.3 cm³/mol. The Hall–Kier alpha value is -2.54. The lowest BCUT2D eigenvalue weighted by Gasteiger charge is -2.12. The van der Waals surface area contributed by atoms with E-state index in [1.54, 1.807) is 6.07 Å². The van der Waals surface area contributed by atoms with E-state index in [9.17, 15) is 4.79 Å². The van der Waals surface area contributed by atoms with E-state index in [-0.39, 0.29) is 12.0 Å². The number of esters is 1. The van der Waals surface area contributed by atoms with Crippen molar-refractivity contribution in [1.82, 2.24) is 21.1 Å². The summed E-state index contributed by atoms with van der Waals surface area (Å²) in [7, 11) is 1.39. The van der Waals surface area contributed by atoms with Crippen molar-refractivity contribution in [2.45, 2.75) is 26.8 Å². The van der Waals surface area contributed by atoms with Crippen LogP contribution in [-0.4, -0.2) is 23.5 Å². The first-order chi connectivity index (χ1) is 10.5. The number of carbonyl (C=O) groups excluding carboxylic acids is 1. The fraction of sp³-hybridized carbons (Fsp3) is 0.333. The van der Waals surface area contributed by atoms with Gasteiger partial charge in [-0.05, 0) is 38.5 Å². The van der Waals surface area contributed by atoms with Crippen LogP contribution in [-0.2, 0) is 4.74 Å². The number of carbonyl (C=O) groups is 1. The summed E-state index contributed by atoms with van der Waals surface area (Å²) in [6.07, 6.45) is 2.06. The standard InChI is InChI=1S/C15H19N5O2/c1-8(2)20-7-9(3)13-11(15(21)22-4)5-10(6-12(13)20)14-16-18-19-17-14/h5-8,18-19H,1-4H3,(H,16,17).